The van der Waals surface area contributed by atoms with Gasteiger partial charge < -0.3 is 39.2 Å². The molecule has 0 aromatic carbocycles. The minimum atomic E-state index is -4.48. The molecule has 4 amide bonds. The lowest BCUT2D eigenvalue weighted by Gasteiger charge is -2.41. The average molecular weight is 1880 g/mol. The van der Waals surface area contributed by atoms with Crippen LogP contribution in [0.2, 0.25) is 0 Å². The van der Waals surface area contributed by atoms with Crippen LogP contribution >= 0.6 is 0 Å². The van der Waals surface area contributed by atoms with E-state index in [-0.39, 0.29) is 96.9 Å². The van der Waals surface area contributed by atoms with Gasteiger partial charge in [0.05, 0.1) is 90.6 Å². The standard InChI is InChI=1S/2C23H23F4N7O.C23H27FN8O.C22H26FN9O/c1-14-28-7-9-33(14)22-30-10-15(11-31-22)21(35)34(17-3-4-17)19-6-8-32(13-18(19)24)20-5-2-16(12-29-20)23(25,26)27;1-14-28-7-9-33(14)21-12-29-18(11-31-21)22(35)34(16-3-4-16)19-6-8-32(13-17(19)24)20-5-2-15(10-30-20)23(25,26)27;1-3-16-10-26-23(27-11-16)30-9-8-20(19(24)13-30)31(18-5-6-18)22(33)17-4-7-21(25-12-17)32-15(2)28-14-29-32;1-3-15-10-25-22(26-11-15)30-9-8-19(18(23)13-30)31(17-5-6-17)21(33)16-4-7-20(24-12-16)32-14(2)27-28-29-32/h2,5,7,9-12,17-19H,3-4,6,8,13H2,1H3;2,5,7,9-12,16-17,19H,3-4,6,8,13H2,1H3;4,7,10-12,14,18-20H,3,5-6,8-9,13H2,1-2H3;4,7,10-12,17-19H,3,5-6,8-9,13H2,1-2H3/t18-,19+;17-,19+;19-,20+;18-,19+/m0000/s1. The number of anilines is 4. The van der Waals surface area contributed by atoms with Crippen LogP contribution in [0.15, 0.2) is 154 Å². The normalized spacial score (nSPS) is 20.6. The van der Waals surface area contributed by atoms with Crippen molar-refractivity contribution in [1.82, 2.24) is 133 Å². The molecule has 4 aliphatic carbocycles. The number of carbonyl (C=O) groups is 4. The Morgan fingerprint density at radius 3 is 1.07 bits per heavy atom. The summed E-state index contributed by atoms with van der Waals surface area (Å²) in [5.74, 6) is 5.35. The van der Waals surface area contributed by atoms with Gasteiger partial charge in [0.2, 0.25) is 17.8 Å². The summed E-state index contributed by atoms with van der Waals surface area (Å²) >= 11 is 0. The summed E-state index contributed by atoms with van der Waals surface area (Å²) in [5, 5.41) is 15.5. The van der Waals surface area contributed by atoms with E-state index >= 15 is 17.6 Å². The molecule has 0 spiro atoms. The van der Waals surface area contributed by atoms with Gasteiger partial charge in [-0.05, 0) is 188 Å². The van der Waals surface area contributed by atoms with Crippen molar-refractivity contribution in [2.45, 2.75) is 217 Å². The summed E-state index contributed by atoms with van der Waals surface area (Å²) in [7, 11) is 0. The molecular formula is C91H99F10N31O4. The number of pyridine rings is 4. The van der Waals surface area contributed by atoms with Crippen molar-refractivity contribution in [3.63, 3.8) is 0 Å². The molecule has 0 N–H and O–H groups in total. The van der Waals surface area contributed by atoms with Crippen LogP contribution < -0.4 is 19.6 Å². The van der Waals surface area contributed by atoms with Crippen molar-refractivity contribution in [2.75, 3.05) is 72.0 Å². The number of hydrogen-bond donors (Lipinski definition) is 0. The topological polar surface area (TPSA) is 359 Å². The molecule has 136 heavy (non-hydrogen) atoms. The van der Waals surface area contributed by atoms with Crippen LogP contribution in [0.1, 0.15) is 178 Å². The summed E-state index contributed by atoms with van der Waals surface area (Å²) in [6.07, 6.45) is 21.8. The second-order valence-corrected chi connectivity index (χ2v) is 34.7. The summed E-state index contributed by atoms with van der Waals surface area (Å²) in [6.45, 7) is 13.5. The SMILES string of the molecule is CCc1cnc(N2CC[C@@H](N(C(=O)c3ccc(-n4ncnc4C)nc3)C3CC3)[C@@H](F)C2)nc1.CCc1cnc(N2CC[C@@H](N(C(=O)c3ccc(-n4nnnc4C)nc3)C3CC3)[C@@H](F)C2)nc1.Cc1nccn1-c1cnc(C(=O)N(C2CC2)[C@@H]2CCN(c3ccc(C(F)(F)F)cn3)C[C@@H]2F)cn1.Cc1nccn1-c1ncc(C(=O)N(C2CC2)[C@@H]2CCN(c3ccc(C(F)(F)F)cn3)C[C@@H]2F)cn1. The first-order chi connectivity index (χ1) is 65.5. The number of halogens is 10. The molecule has 35 nitrogen and oxygen atoms in total. The van der Waals surface area contributed by atoms with Crippen molar-refractivity contribution in [2.24, 2.45) is 0 Å². The summed E-state index contributed by atoms with van der Waals surface area (Å²) < 4.78 is 145. The van der Waals surface area contributed by atoms with Crippen LogP contribution in [0.25, 0.3) is 23.4 Å². The van der Waals surface area contributed by atoms with Crippen LogP contribution in [0.5, 0.6) is 0 Å². The molecule has 4 saturated heterocycles. The zero-order chi connectivity index (χ0) is 95.4. The highest BCUT2D eigenvalue weighted by Gasteiger charge is 2.49. The van der Waals surface area contributed by atoms with Gasteiger partial charge >= 0.3 is 12.4 Å². The third-order valence-electron chi connectivity index (χ3n) is 25.3. The predicted octanol–water partition coefficient (Wildman–Crippen LogP) is 11.7. The molecule has 16 heterocycles. The number of alkyl halides is 10. The molecule has 8 fully saturated rings. The van der Waals surface area contributed by atoms with Gasteiger partial charge in [0, 0.05) is 137 Å². The van der Waals surface area contributed by atoms with E-state index in [1.807, 2.05) is 44.4 Å². The van der Waals surface area contributed by atoms with Crippen LogP contribution in [0.3, 0.4) is 0 Å². The van der Waals surface area contributed by atoms with Crippen molar-refractivity contribution in [1.29, 1.82) is 0 Å². The Balaban J connectivity index is 0.000000126. The molecular weight excluding hydrogens is 1780 g/mol. The molecule has 12 aromatic rings. The van der Waals surface area contributed by atoms with Crippen molar-refractivity contribution >= 4 is 47.2 Å². The van der Waals surface area contributed by atoms with Crippen molar-refractivity contribution in [3.05, 3.63) is 222 Å². The number of aromatic nitrogens is 23. The Hall–Kier alpha value is -14.1. The van der Waals surface area contributed by atoms with Gasteiger partial charge in [0.15, 0.2) is 23.3 Å². The highest BCUT2D eigenvalue weighted by Crippen LogP contribution is 2.41. The van der Waals surface area contributed by atoms with E-state index in [0.29, 0.717) is 116 Å². The molecule has 20 rings (SSSR count). The molecule has 4 aliphatic heterocycles. The van der Waals surface area contributed by atoms with E-state index in [4.69, 9.17) is 0 Å². The number of amides is 4. The van der Waals surface area contributed by atoms with Gasteiger partial charge in [0.25, 0.3) is 23.6 Å². The van der Waals surface area contributed by atoms with Crippen LogP contribution in [0, 0.1) is 27.7 Å². The minimum absolute atomic E-state index is 0.0444. The zero-order valence-electron chi connectivity index (χ0n) is 75.2. The van der Waals surface area contributed by atoms with Crippen LogP contribution in [0.4, 0.5) is 67.4 Å². The maximum atomic E-state index is 15.4. The number of piperidine rings is 4. The zero-order valence-corrected chi connectivity index (χ0v) is 75.2. The molecule has 45 heteroatoms. The highest BCUT2D eigenvalue weighted by molar-refractivity contribution is 5.96. The first-order valence-corrected chi connectivity index (χ1v) is 45.3. The van der Waals surface area contributed by atoms with Gasteiger partial charge in [-0.1, -0.05) is 13.8 Å². The Kier molecular flexibility index (Phi) is 27.7. The average Bonchev–Trinajstić information content (AvgIpc) is 1.57. The van der Waals surface area contributed by atoms with Gasteiger partial charge in [0.1, 0.15) is 65.8 Å². The van der Waals surface area contributed by atoms with E-state index in [2.05, 4.69) is 95.4 Å². The Bertz CT molecular complexity index is 5720. The molecule has 0 radical (unpaired) electrons. The smallest absolute Gasteiger partial charge is 0.354 e. The fraction of sp³-hybridized carbons (Fsp3) is 0.462. The van der Waals surface area contributed by atoms with Crippen LogP contribution in [-0.4, -0.2) is 282 Å². The van der Waals surface area contributed by atoms with E-state index in [9.17, 15) is 45.5 Å². The van der Waals surface area contributed by atoms with Gasteiger partial charge in [-0.3, -0.25) is 28.3 Å². The maximum absolute atomic E-state index is 15.4. The molecule has 4 saturated carbocycles. The largest absolute Gasteiger partial charge is 0.417 e. The number of tetrazole rings is 1. The first-order valence-electron chi connectivity index (χ1n) is 45.3. The molecule has 712 valence electrons. The van der Waals surface area contributed by atoms with Crippen molar-refractivity contribution in [3.8, 4) is 23.4 Å². The highest BCUT2D eigenvalue weighted by atomic mass is 19.4. The quantitative estimate of drug-likeness (QED) is 0.0569. The number of rotatable bonds is 22. The second kappa shape index (κ2) is 40.2. The molecule has 8 atom stereocenters. The molecule has 0 unspecified atom stereocenters. The Morgan fingerprint density at radius 1 is 0.353 bits per heavy atom. The number of carbonyl (C=O) groups excluding carboxylic acids is 4. The molecule has 12 aromatic heterocycles. The monoisotopic (exact) mass is 1880 g/mol. The third-order valence-corrected chi connectivity index (χ3v) is 25.3. The number of hydrogen-bond acceptors (Lipinski definition) is 27. The molecule has 0 bridgehead atoms. The fourth-order valence-corrected chi connectivity index (χ4v) is 17.4. The predicted molar refractivity (Wildman–Crippen MR) is 473 cm³/mol. The van der Waals surface area contributed by atoms with Gasteiger partial charge in [-0.25, -0.2) is 92.3 Å². The van der Waals surface area contributed by atoms with E-state index in [0.717, 1.165) is 106 Å². The minimum Gasteiger partial charge on any atom is -0.354 e. The maximum Gasteiger partial charge on any atom is 0.417 e. The lowest BCUT2D eigenvalue weighted by Crippen LogP contribution is -2.55. The van der Waals surface area contributed by atoms with Crippen LogP contribution in [-0.2, 0) is 25.2 Å². The molecule has 8 aliphatic rings. The number of aryl methyl sites for hydroxylation is 6. The summed E-state index contributed by atoms with van der Waals surface area (Å²) in [5.41, 5.74) is 1.69. The van der Waals surface area contributed by atoms with E-state index in [1.165, 1.54) is 54.1 Å². The van der Waals surface area contributed by atoms with Crippen molar-refractivity contribution < 1.29 is 63.1 Å². The van der Waals surface area contributed by atoms with Gasteiger partial charge in [-0.15, -0.1) is 5.10 Å². The third kappa shape index (κ3) is 21.3. The lowest BCUT2D eigenvalue weighted by atomic mass is 10.00. The van der Waals surface area contributed by atoms with E-state index < -0.39 is 72.3 Å². The Labute approximate surface area is 774 Å². The number of nitrogens with zero attached hydrogens (tertiary/aromatic N) is 31. The Morgan fingerprint density at radius 2 is 0.728 bits per heavy atom. The fourth-order valence-electron chi connectivity index (χ4n) is 17.4. The first kappa shape index (κ1) is 93.7. The summed E-state index contributed by atoms with van der Waals surface area (Å²) in [4.78, 5) is 131. The number of imidazole rings is 2. The summed E-state index contributed by atoms with van der Waals surface area (Å²) in [6, 6.07) is 9.08. The van der Waals surface area contributed by atoms with Gasteiger partial charge in [-0.2, -0.15) is 40.8 Å². The second-order valence-electron chi connectivity index (χ2n) is 34.7. The van der Waals surface area contributed by atoms with E-state index in [1.54, 1.807) is 130 Å². The lowest BCUT2D eigenvalue weighted by molar-refractivity contribution is -0.138.